The number of H-pyrrole nitrogens is 1. The van der Waals surface area contributed by atoms with Crippen LogP contribution in [0.3, 0.4) is 0 Å². The average molecular weight is 457 g/mol. The van der Waals surface area contributed by atoms with Crippen molar-refractivity contribution in [3.8, 4) is 5.75 Å². The van der Waals surface area contributed by atoms with E-state index in [2.05, 4.69) is 40.4 Å². The van der Waals surface area contributed by atoms with Crippen LogP contribution >= 0.6 is 0 Å². The van der Waals surface area contributed by atoms with E-state index in [9.17, 15) is 9.90 Å². The van der Waals surface area contributed by atoms with Crippen molar-refractivity contribution in [2.45, 2.75) is 70.3 Å². The first kappa shape index (κ1) is 21.4. The number of amides is 1. The first-order valence-electron chi connectivity index (χ1n) is 12.6. The van der Waals surface area contributed by atoms with Crippen LogP contribution in [-0.4, -0.2) is 26.2 Å². The number of nitrogens with zero attached hydrogens (tertiary/aromatic N) is 2. The van der Waals surface area contributed by atoms with Crippen LogP contribution < -0.4 is 5.32 Å². The van der Waals surface area contributed by atoms with Crippen LogP contribution in [0.2, 0.25) is 0 Å². The highest BCUT2D eigenvalue weighted by atomic mass is 16.3. The Balaban J connectivity index is 1.27. The molecule has 1 aromatic carbocycles. The zero-order valence-electron chi connectivity index (χ0n) is 19.9. The number of pyridine rings is 1. The molecule has 0 bridgehead atoms. The van der Waals surface area contributed by atoms with E-state index < -0.39 is 0 Å². The SMILES string of the molecule is CCc1cc2c(cc1O)CCC1C2CCC2(C)c3[nH]nc(C(=O)NCc4cccnc4)c3CC12. The van der Waals surface area contributed by atoms with Crippen LogP contribution in [0.15, 0.2) is 36.7 Å². The third-order valence-electron chi connectivity index (χ3n) is 8.95. The van der Waals surface area contributed by atoms with Gasteiger partial charge in [0.15, 0.2) is 5.69 Å². The number of fused-ring (bicyclic) bond motifs is 7. The van der Waals surface area contributed by atoms with E-state index in [1.165, 1.54) is 16.8 Å². The molecule has 0 saturated heterocycles. The number of aromatic hydroxyl groups is 1. The van der Waals surface area contributed by atoms with Gasteiger partial charge in [-0.15, -0.1) is 0 Å². The van der Waals surface area contributed by atoms with Gasteiger partial charge in [0.25, 0.3) is 5.91 Å². The van der Waals surface area contributed by atoms with Crippen molar-refractivity contribution < 1.29 is 9.90 Å². The van der Waals surface area contributed by atoms with Gasteiger partial charge in [-0.2, -0.15) is 5.10 Å². The normalized spacial score (nSPS) is 26.8. The van der Waals surface area contributed by atoms with Gasteiger partial charge in [0, 0.05) is 35.6 Å². The average Bonchev–Trinajstić information content (AvgIpc) is 3.40. The fourth-order valence-corrected chi connectivity index (χ4v) is 7.16. The van der Waals surface area contributed by atoms with E-state index in [-0.39, 0.29) is 11.3 Å². The topological polar surface area (TPSA) is 90.9 Å². The van der Waals surface area contributed by atoms with E-state index in [0.717, 1.165) is 55.2 Å². The van der Waals surface area contributed by atoms with Gasteiger partial charge in [0.05, 0.1) is 0 Å². The van der Waals surface area contributed by atoms with Gasteiger partial charge >= 0.3 is 0 Å². The fraction of sp³-hybridized carbons (Fsp3) is 0.464. The molecule has 6 rings (SSSR count). The lowest BCUT2D eigenvalue weighted by Crippen LogP contribution is -2.43. The molecule has 3 N–H and O–H groups in total. The van der Waals surface area contributed by atoms with Gasteiger partial charge < -0.3 is 10.4 Å². The minimum Gasteiger partial charge on any atom is -0.508 e. The number of phenols is 1. The summed E-state index contributed by atoms with van der Waals surface area (Å²) in [5, 5.41) is 21.2. The second kappa shape index (κ2) is 7.97. The Morgan fingerprint density at radius 1 is 1.32 bits per heavy atom. The maximum Gasteiger partial charge on any atom is 0.272 e. The molecule has 2 aromatic heterocycles. The van der Waals surface area contributed by atoms with Crippen molar-refractivity contribution in [2.24, 2.45) is 11.8 Å². The monoisotopic (exact) mass is 456 g/mol. The zero-order chi connectivity index (χ0) is 23.4. The van der Waals surface area contributed by atoms with Crippen LogP contribution in [0.4, 0.5) is 0 Å². The molecule has 3 aromatic rings. The number of nitrogens with one attached hydrogen (secondary N) is 2. The molecule has 3 aliphatic carbocycles. The molecule has 0 aliphatic heterocycles. The number of aromatic nitrogens is 3. The summed E-state index contributed by atoms with van der Waals surface area (Å²) in [6.07, 6.45) is 9.66. The molecule has 0 radical (unpaired) electrons. The lowest BCUT2D eigenvalue weighted by atomic mass is 9.55. The molecule has 0 spiro atoms. The van der Waals surface area contributed by atoms with Crippen LogP contribution in [0, 0.1) is 11.8 Å². The summed E-state index contributed by atoms with van der Waals surface area (Å²) >= 11 is 0. The number of benzene rings is 1. The standard InChI is InChI=1S/C28H32N4O2/c1-3-17-11-21-18(12-24(17)33)6-7-20-19(21)8-9-28(2)23(20)13-22-25(31-32-26(22)28)27(34)30-15-16-5-4-10-29-14-16/h4-5,10-12,14,19-20,23,33H,3,6-9,13,15H2,1-2H3,(H,30,34)(H,31,32). The molecule has 4 unspecified atom stereocenters. The highest BCUT2D eigenvalue weighted by Crippen LogP contribution is 2.60. The second-order valence-electron chi connectivity index (χ2n) is 10.6. The predicted octanol–water partition coefficient (Wildman–Crippen LogP) is 4.57. The lowest BCUT2D eigenvalue weighted by molar-refractivity contribution is 0.0937. The molecule has 1 fully saturated rings. The summed E-state index contributed by atoms with van der Waals surface area (Å²) in [4.78, 5) is 17.2. The largest absolute Gasteiger partial charge is 0.508 e. The van der Waals surface area contributed by atoms with Crippen LogP contribution in [-0.2, 0) is 31.2 Å². The van der Waals surface area contributed by atoms with E-state index in [0.29, 0.717) is 35.7 Å². The smallest absolute Gasteiger partial charge is 0.272 e. The van der Waals surface area contributed by atoms with Crippen molar-refractivity contribution in [1.29, 1.82) is 0 Å². The highest BCUT2D eigenvalue weighted by molar-refractivity contribution is 5.94. The maximum absolute atomic E-state index is 13.1. The predicted molar refractivity (Wildman–Crippen MR) is 130 cm³/mol. The summed E-state index contributed by atoms with van der Waals surface area (Å²) in [6.45, 7) is 4.93. The molecule has 6 nitrogen and oxygen atoms in total. The van der Waals surface area contributed by atoms with E-state index >= 15 is 0 Å². The Hall–Kier alpha value is -3.15. The quantitative estimate of drug-likeness (QED) is 0.536. The number of rotatable bonds is 4. The molecule has 34 heavy (non-hydrogen) atoms. The third kappa shape index (κ3) is 3.18. The number of carbonyl (C=O) groups is 1. The summed E-state index contributed by atoms with van der Waals surface area (Å²) in [6, 6.07) is 8.13. The Labute approximate surface area is 200 Å². The van der Waals surface area contributed by atoms with E-state index in [1.54, 1.807) is 12.4 Å². The van der Waals surface area contributed by atoms with Crippen molar-refractivity contribution in [3.63, 3.8) is 0 Å². The fourth-order valence-electron chi connectivity index (χ4n) is 7.16. The lowest BCUT2D eigenvalue weighted by Gasteiger charge is -2.49. The van der Waals surface area contributed by atoms with Crippen LogP contribution in [0.25, 0.3) is 0 Å². The third-order valence-corrected chi connectivity index (χ3v) is 8.95. The number of hydrogen-bond acceptors (Lipinski definition) is 4. The number of aromatic amines is 1. The number of phenolic OH excluding ortho intramolecular Hbond substituents is 1. The van der Waals surface area contributed by atoms with Gasteiger partial charge in [-0.05, 0) is 90.7 Å². The molecule has 1 amide bonds. The van der Waals surface area contributed by atoms with E-state index in [4.69, 9.17) is 0 Å². The van der Waals surface area contributed by atoms with Gasteiger partial charge in [-0.1, -0.05) is 26.0 Å². The van der Waals surface area contributed by atoms with E-state index in [1.807, 2.05) is 18.2 Å². The summed E-state index contributed by atoms with van der Waals surface area (Å²) < 4.78 is 0. The molecule has 3 aliphatic rings. The maximum atomic E-state index is 13.1. The highest BCUT2D eigenvalue weighted by Gasteiger charge is 2.54. The number of hydrogen-bond donors (Lipinski definition) is 3. The van der Waals surface area contributed by atoms with Gasteiger partial charge in [-0.3, -0.25) is 14.9 Å². The summed E-state index contributed by atoms with van der Waals surface area (Å²) in [5.74, 6) is 1.97. The minimum atomic E-state index is -0.114. The van der Waals surface area contributed by atoms with Gasteiger partial charge in [0.1, 0.15) is 5.75 Å². The Morgan fingerprint density at radius 3 is 3.00 bits per heavy atom. The molecule has 6 heteroatoms. The molecule has 4 atom stereocenters. The Morgan fingerprint density at radius 2 is 2.21 bits per heavy atom. The van der Waals surface area contributed by atoms with Crippen LogP contribution in [0.1, 0.15) is 83.0 Å². The first-order valence-corrected chi connectivity index (χ1v) is 12.6. The Kier molecular flexibility index (Phi) is 5.01. The van der Waals surface area contributed by atoms with Gasteiger partial charge in [0.2, 0.25) is 0 Å². The summed E-state index contributed by atoms with van der Waals surface area (Å²) in [5.41, 5.74) is 7.69. The van der Waals surface area contributed by atoms with Crippen molar-refractivity contribution >= 4 is 5.91 Å². The summed E-state index contributed by atoms with van der Waals surface area (Å²) in [7, 11) is 0. The molecular formula is C28H32N4O2. The first-order chi connectivity index (χ1) is 16.5. The number of aryl methyl sites for hydroxylation is 2. The van der Waals surface area contributed by atoms with Crippen LogP contribution in [0.5, 0.6) is 5.75 Å². The minimum absolute atomic E-state index is 0.0351. The van der Waals surface area contributed by atoms with Crippen molar-refractivity contribution in [2.75, 3.05) is 0 Å². The molecular weight excluding hydrogens is 424 g/mol. The number of carbonyl (C=O) groups excluding carboxylic acids is 1. The second-order valence-corrected chi connectivity index (χ2v) is 10.6. The Bertz CT molecular complexity index is 1250. The molecule has 2 heterocycles. The van der Waals surface area contributed by atoms with Crippen molar-refractivity contribution in [1.82, 2.24) is 20.5 Å². The zero-order valence-corrected chi connectivity index (χ0v) is 19.9. The van der Waals surface area contributed by atoms with Gasteiger partial charge in [-0.25, -0.2) is 0 Å². The van der Waals surface area contributed by atoms with Crippen molar-refractivity contribution in [3.05, 3.63) is 75.9 Å². The molecule has 1 saturated carbocycles. The molecule has 176 valence electrons.